The second-order valence-corrected chi connectivity index (χ2v) is 7.53. The molecule has 1 aliphatic heterocycles. The number of benzene rings is 1. The van der Waals surface area contributed by atoms with Gasteiger partial charge >= 0.3 is 5.97 Å². The van der Waals surface area contributed by atoms with Crippen molar-refractivity contribution in [3.05, 3.63) is 28.2 Å². The highest BCUT2D eigenvalue weighted by Crippen LogP contribution is 2.31. The third-order valence-electron chi connectivity index (χ3n) is 3.32. The number of esters is 1. The molecule has 1 aromatic rings. The van der Waals surface area contributed by atoms with Crippen LogP contribution in [0.5, 0.6) is 0 Å². The van der Waals surface area contributed by atoms with Crippen LogP contribution in [0.3, 0.4) is 0 Å². The zero-order valence-electron chi connectivity index (χ0n) is 12.8. The van der Waals surface area contributed by atoms with Crippen molar-refractivity contribution >= 4 is 57.5 Å². The van der Waals surface area contributed by atoms with Crippen LogP contribution in [0.15, 0.2) is 18.2 Å². The van der Waals surface area contributed by atoms with Crippen LogP contribution in [0.4, 0.5) is 5.69 Å². The molecule has 1 aromatic carbocycles. The molecule has 6 nitrogen and oxygen atoms in total. The number of rotatable bonds is 6. The normalized spacial score (nSPS) is 18.8. The van der Waals surface area contributed by atoms with Gasteiger partial charge < -0.3 is 4.74 Å². The Hall–Kier alpha value is -1.44. The first-order chi connectivity index (χ1) is 11.3. The third kappa shape index (κ3) is 4.55. The Labute approximate surface area is 151 Å². The van der Waals surface area contributed by atoms with Gasteiger partial charge in [-0.2, -0.15) is 0 Å². The van der Waals surface area contributed by atoms with E-state index in [2.05, 4.69) is 0 Å². The maximum absolute atomic E-state index is 12.5. The van der Waals surface area contributed by atoms with Crippen molar-refractivity contribution in [2.75, 3.05) is 23.0 Å². The van der Waals surface area contributed by atoms with Gasteiger partial charge in [-0.25, -0.2) is 0 Å². The summed E-state index contributed by atoms with van der Waals surface area (Å²) in [6.45, 7) is 1.84. The Morgan fingerprint density at radius 1 is 1.29 bits per heavy atom. The van der Waals surface area contributed by atoms with Gasteiger partial charge in [0, 0.05) is 33.0 Å². The molecule has 1 heterocycles. The lowest BCUT2D eigenvalue weighted by atomic mass is 10.1. The van der Waals surface area contributed by atoms with E-state index in [1.807, 2.05) is 0 Å². The second-order valence-electron chi connectivity index (χ2n) is 5.15. The van der Waals surface area contributed by atoms with Crippen LogP contribution in [0.1, 0.15) is 13.3 Å². The largest absolute Gasteiger partial charge is 0.465 e. The van der Waals surface area contributed by atoms with Gasteiger partial charge in [-0.3, -0.25) is 23.5 Å². The maximum Gasteiger partial charge on any atom is 0.318 e. The number of nitrogens with zero attached hydrogens (tertiary/aromatic N) is 1. The minimum atomic E-state index is -1.58. The van der Waals surface area contributed by atoms with E-state index in [1.165, 1.54) is 18.2 Å². The molecular weight excluding hydrogens is 377 g/mol. The monoisotopic (exact) mass is 391 g/mol. The zero-order valence-corrected chi connectivity index (χ0v) is 15.1. The predicted molar refractivity (Wildman–Crippen MR) is 91.6 cm³/mol. The number of amides is 2. The maximum atomic E-state index is 12.5. The molecule has 1 aliphatic rings. The number of halogens is 2. The van der Waals surface area contributed by atoms with Gasteiger partial charge in [0.25, 0.3) is 0 Å². The summed E-state index contributed by atoms with van der Waals surface area (Å²) in [4.78, 5) is 36.9. The van der Waals surface area contributed by atoms with Gasteiger partial charge in [-0.1, -0.05) is 23.2 Å². The van der Waals surface area contributed by atoms with E-state index >= 15 is 0 Å². The number of anilines is 1. The molecule has 2 amide bonds. The Bertz CT molecular complexity index is 689. The van der Waals surface area contributed by atoms with Crippen molar-refractivity contribution in [2.24, 2.45) is 5.92 Å². The van der Waals surface area contributed by atoms with E-state index in [0.717, 1.165) is 4.90 Å². The summed E-state index contributed by atoms with van der Waals surface area (Å²) in [7, 11) is -1.58. The van der Waals surface area contributed by atoms with E-state index in [4.69, 9.17) is 27.9 Å². The first-order valence-corrected chi connectivity index (χ1v) is 9.39. The average Bonchev–Trinajstić information content (AvgIpc) is 2.72. The highest BCUT2D eigenvalue weighted by atomic mass is 35.5. The number of ether oxygens (including phenoxy) is 1. The number of carbonyl (C=O) groups is 3. The summed E-state index contributed by atoms with van der Waals surface area (Å²) in [6, 6.07) is 4.41. The molecule has 0 saturated carbocycles. The number of hydrogen-bond acceptors (Lipinski definition) is 5. The predicted octanol–water partition coefficient (Wildman–Crippen LogP) is 2.18. The molecule has 0 radical (unpaired) electrons. The number of hydrogen-bond donors (Lipinski definition) is 0. The lowest BCUT2D eigenvalue weighted by Gasteiger charge is -2.15. The molecule has 2 unspecified atom stereocenters. The van der Waals surface area contributed by atoms with Gasteiger partial charge in [-0.05, 0) is 25.1 Å². The molecule has 0 aliphatic carbocycles. The van der Waals surface area contributed by atoms with Gasteiger partial charge in [0.1, 0.15) is 5.75 Å². The quantitative estimate of drug-likeness (QED) is 0.548. The number of imide groups is 1. The third-order valence-corrected chi connectivity index (χ3v) is 5.09. The smallest absolute Gasteiger partial charge is 0.318 e. The van der Waals surface area contributed by atoms with E-state index in [1.54, 1.807) is 6.92 Å². The summed E-state index contributed by atoms with van der Waals surface area (Å²) in [5, 5.41) is 0.597. The summed E-state index contributed by atoms with van der Waals surface area (Å²) in [6.07, 6.45) is -0.0719. The first kappa shape index (κ1) is 18.9. The van der Waals surface area contributed by atoms with Crippen molar-refractivity contribution in [3.63, 3.8) is 0 Å². The molecule has 0 bridgehead atoms. The highest BCUT2D eigenvalue weighted by Gasteiger charge is 2.40. The average molecular weight is 392 g/mol. The van der Waals surface area contributed by atoms with Gasteiger partial charge in [-0.15, -0.1) is 0 Å². The molecule has 130 valence electrons. The Morgan fingerprint density at radius 3 is 2.50 bits per heavy atom. The summed E-state index contributed by atoms with van der Waals surface area (Å²) in [5.41, 5.74) is 0.279. The van der Waals surface area contributed by atoms with Gasteiger partial charge in [0.15, 0.2) is 0 Å². The van der Waals surface area contributed by atoms with Crippen LogP contribution >= 0.6 is 23.2 Å². The van der Waals surface area contributed by atoms with E-state index in [0.29, 0.717) is 10.0 Å². The minimum Gasteiger partial charge on any atom is -0.465 e. The molecule has 0 spiro atoms. The second kappa shape index (κ2) is 8.09. The van der Waals surface area contributed by atoms with E-state index in [9.17, 15) is 18.6 Å². The van der Waals surface area contributed by atoms with Crippen LogP contribution in [-0.4, -0.2) is 40.1 Å². The summed E-state index contributed by atoms with van der Waals surface area (Å²) in [5.74, 6) is -2.60. The molecule has 2 atom stereocenters. The topological polar surface area (TPSA) is 80.8 Å². The Kier molecular flexibility index (Phi) is 6.37. The Morgan fingerprint density at radius 2 is 1.92 bits per heavy atom. The molecule has 1 saturated heterocycles. The summed E-state index contributed by atoms with van der Waals surface area (Å²) >= 11 is 11.8. The first-order valence-electron chi connectivity index (χ1n) is 7.15. The van der Waals surface area contributed by atoms with Crippen molar-refractivity contribution in [2.45, 2.75) is 13.3 Å². The molecule has 1 fully saturated rings. The summed E-state index contributed by atoms with van der Waals surface area (Å²) < 4.78 is 16.7. The van der Waals surface area contributed by atoms with Gasteiger partial charge in [0.05, 0.1) is 18.2 Å². The fourth-order valence-electron chi connectivity index (χ4n) is 2.38. The molecule has 9 heteroatoms. The van der Waals surface area contributed by atoms with Crippen LogP contribution in [0.2, 0.25) is 10.0 Å². The van der Waals surface area contributed by atoms with E-state index < -0.39 is 34.5 Å². The van der Waals surface area contributed by atoms with Crippen LogP contribution < -0.4 is 4.90 Å². The minimum absolute atomic E-state index is 0.0719. The van der Waals surface area contributed by atoms with Crippen LogP contribution in [0, 0.1) is 5.92 Å². The zero-order chi connectivity index (χ0) is 17.9. The van der Waals surface area contributed by atoms with Crippen LogP contribution in [-0.2, 0) is 29.9 Å². The Balaban J connectivity index is 2.08. The lowest BCUT2D eigenvalue weighted by Crippen LogP contribution is -2.32. The molecule has 2 rings (SSSR count). The van der Waals surface area contributed by atoms with Crippen molar-refractivity contribution in [3.8, 4) is 0 Å². The van der Waals surface area contributed by atoms with Gasteiger partial charge in [0.2, 0.25) is 11.8 Å². The van der Waals surface area contributed by atoms with Crippen molar-refractivity contribution in [1.82, 2.24) is 0 Å². The highest BCUT2D eigenvalue weighted by molar-refractivity contribution is 7.85. The fraction of sp³-hybridized carbons (Fsp3) is 0.400. The lowest BCUT2D eigenvalue weighted by molar-refractivity contribution is -0.140. The number of carbonyl (C=O) groups excluding carboxylic acids is 3. The molecule has 0 N–H and O–H groups in total. The van der Waals surface area contributed by atoms with Crippen molar-refractivity contribution in [1.29, 1.82) is 0 Å². The fourth-order valence-corrected chi connectivity index (χ4v) is 4.07. The SMILES string of the molecule is CCOC(=O)CS(=O)CC1CC(=O)N(c2cc(Cl)cc(Cl)c2)C1=O. The molecule has 0 aromatic heterocycles. The molecule has 24 heavy (non-hydrogen) atoms. The van der Waals surface area contributed by atoms with Crippen LogP contribution in [0.25, 0.3) is 0 Å². The molecular formula is C15H15Cl2NO5S. The van der Waals surface area contributed by atoms with E-state index in [-0.39, 0.29) is 30.2 Å². The van der Waals surface area contributed by atoms with Crippen molar-refractivity contribution < 1.29 is 23.3 Å². The standard InChI is InChI=1S/C15H15Cl2NO5S/c1-2-23-14(20)8-24(22)7-9-3-13(19)18(15(9)21)12-5-10(16)4-11(17)6-12/h4-6,9H,2-3,7-8H2,1H3.